The number of esters is 3. The van der Waals surface area contributed by atoms with Crippen LogP contribution in [0, 0.1) is 0 Å². The van der Waals surface area contributed by atoms with Crippen molar-refractivity contribution in [3.05, 3.63) is 12.7 Å². The van der Waals surface area contributed by atoms with Crippen LogP contribution in [0.2, 0.25) is 0 Å². The smallest absolute Gasteiger partial charge is 0.303 e. The zero-order valence-corrected chi connectivity index (χ0v) is 13.8. The van der Waals surface area contributed by atoms with E-state index in [1.165, 1.54) is 19.9 Å². The van der Waals surface area contributed by atoms with Crippen molar-refractivity contribution in [2.45, 2.75) is 51.5 Å². The third-order valence-corrected chi connectivity index (χ3v) is 3.07. The first-order valence-corrected chi connectivity index (χ1v) is 7.30. The van der Waals surface area contributed by atoms with Crippen LogP contribution in [-0.2, 0) is 38.1 Å². The predicted molar refractivity (Wildman–Crippen MR) is 78.6 cm³/mol. The van der Waals surface area contributed by atoms with Gasteiger partial charge in [-0.15, -0.1) is 6.58 Å². The molecular weight excluding hydrogens is 324 g/mol. The zero-order chi connectivity index (χ0) is 18.3. The third-order valence-electron chi connectivity index (χ3n) is 3.07. The van der Waals surface area contributed by atoms with E-state index in [1.807, 2.05) is 0 Å². The number of carbonyl (C=O) groups is 3. The normalized spacial score (nSPS) is 29.4. The zero-order valence-electron chi connectivity index (χ0n) is 13.8. The highest BCUT2D eigenvalue weighted by Crippen LogP contribution is 2.28. The van der Waals surface area contributed by atoms with Gasteiger partial charge in [0.25, 0.3) is 0 Å². The van der Waals surface area contributed by atoms with Crippen LogP contribution in [0.5, 0.6) is 0 Å². The summed E-state index contributed by atoms with van der Waals surface area (Å²) in [7, 11) is 0. The molecule has 0 saturated carbocycles. The van der Waals surface area contributed by atoms with Gasteiger partial charge in [0.2, 0.25) is 0 Å². The van der Waals surface area contributed by atoms with Crippen LogP contribution in [-0.4, -0.2) is 66.9 Å². The van der Waals surface area contributed by atoms with Crippen LogP contribution < -0.4 is 0 Å². The highest BCUT2D eigenvalue weighted by Gasteiger charge is 2.50. The number of carbonyl (C=O) groups excluding carboxylic acids is 3. The predicted octanol–water partition coefficient (Wildman–Crippen LogP) is -0.299. The van der Waals surface area contributed by atoms with Gasteiger partial charge < -0.3 is 28.8 Å². The molecule has 0 bridgehead atoms. The maximum absolute atomic E-state index is 11.4. The minimum Gasteiger partial charge on any atom is -0.463 e. The van der Waals surface area contributed by atoms with Gasteiger partial charge in [-0.3, -0.25) is 14.4 Å². The summed E-state index contributed by atoms with van der Waals surface area (Å²) in [5, 5.41) is 10.1. The summed E-state index contributed by atoms with van der Waals surface area (Å²) in [5.74, 6) is -1.90. The van der Waals surface area contributed by atoms with Crippen LogP contribution in [0.3, 0.4) is 0 Å². The van der Waals surface area contributed by atoms with Crippen molar-refractivity contribution in [2.24, 2.45) is 0 Å². The summed E-state index contributed by atoms with van der Waals surface area (Å²) in [5.41, 5.74) is 0. The number of hydrogen-bond donors (Lipinski definition) is 1. The largest absolute Gasteiger partial charge is 0.463 e. The van der Waals surface area contributed by atoms with Gasteiger partial charge in [-0.05, 0) is 0 Å². The lowest BCUT2D eigenvalue weighted by atomic mass is 9.98. The number of rotatable bonds is 7. The molecule has 1 unspecified atom stereocenters. The van der Waals surface area contributed by atoms with Gasteiger partial charge in [0.15, 0.2) is 18.5 Å². The van der Waals surface area contributed by atoms with Gasteiger partial charge in [0.1, 0.15) is 18.8 Å². The molecule has 24 heavy (non-hydrogen) atoms. The molecule has 1 aliphatic rings. The molecule has 9 nitrogen and oxygen atoms in total. The monoisotopic (exact) mass is 346 g/mol. The summed E-state index contributed by atoms with van der Waals surface area (Å²) in [6.45, 7) is 6.76. The molecule has 1 N–H and O–H groups in total. The van der Waals surface area contributed by atoms with Crippen LogP contribution in [0.25, 0.3) is 0 Å². The van der Waals surface area contributed by atoms with Crippen LogP contribution in [0.15, 0.2) is 12.7 Å². The highest BCUT2D eigenvalue weighted by atomic mass is 16.7. The van der Waals surface area contributed by atoms with E-state index in [0.29, 0.717) is 0 Å². The lowest BCUT2D eigenvalue weighted by molar-refractivity contribution is -0.300. The van der Waals surface area contributed by atoms with E-state index in [2.05, 4.69) is 6.58 Å². The van der Waals surface area contributed by atoms with Crippen molar-refractivity contribution in [1.82, 2.24) is 0 Å². The molecule has 5 atom stereocenters. The number of ether oxygens (including phenoxy) is 5. The van der Waals surface area contributed by atoms with Gasteiger partial charge in [0.05, 0.1) is 6.61 Å². The standard InChI is InChI=1S/C15H22O9/c1-5-6-20-14-13(23-10(4)18)12(22-9(3)17)11(24-15(14)19)7-21-8(2)16/h5,11-15,19H,1,6-7H2,2-4H3/t11-,12+,13+,14-,15?/m1/s1. The summed E-state index contributed by atoms with van der Waals surface area (Å²) in [4.78, 5) is 33.8. The molecule has 1 rings (SSSR count). The van der Waals surface area contributed by atoms with Crippen molar-refractivity contribution >= 4 is 17.9 Å². The molecule has 0 amide bonds. The highest BCUT2D eigenvalue weighted by molar-refractivity contribution is 5.67. The second-order valence-corrected chi connectivity index (χ2v) is 5.10. The molecule has 1 saturated heterocycles. The quantitative estimate of drug-likeness (QED) is 0.376. The number of aliphatic hydroxyl groups excluding tert-OH is 1. The second kappa shape index (κ2) is 9.36. The summed E-state index contributed by atoms with van der Waals surface area (Å²) in [6, 6.07) is 0. The Balaban J connectivity index is 3.06. The fourth-order valence-corrected chi connectivity index (χ4v) is 2.24. The summed E-state index contributed by atoms with van der Waals surface area (Å²) >= 11 is 0. The third kappa shape index (κ3) is 5.91. The Morgan fingerprint density at radius 2 is 1.62 bits per heavy atom. The minimum absolute atomic E-state index is 0.0459. The molecule has 1 aliphatic heterocycles. The first kappa shape index (κ1) is 20.1. The van der Waals surface area contributed by atoms with Gasteiger partial charge in [-0.2, -0.15) is 0 Å². The molecule has 9 heteroatoms. The Labute approximate surface area is 139 Å². The fourth-order valence-electron chi connectivity index (χ4n) is 2.24. The minimum atomic E-state index is -1.48. The Morgan fingerprint density at radius 3 is 2.12 bits per heavy atom. The topological polar surface area (TPSA) is 118 Å². The molecule has 1 fully saturated rings. The van der Waals surface area contributed by atoms with Crippen LogP contribution in [0.1, 0.15) is 20.8 Å². The Bertz CT molecular complexity index is 476. The SMILES string of the molecule is C=CCO[C@H]1C(O)O[C@H](COC(C)=O)[C@H](OC(C)=O)[C@@H]1OC(C)=O. The van der Waals surface area contributed by atoms with E-state index in [-0.39, 0.29) is 13.2 Å². The second-order valence-electron chi connectivity index (χ2n) is 5.10. The Morgan fingerprint density at radius 1 is 1.04 bits per heavy atom. The maximum Gasteiger partial charge on any atom is 0.303 e. The van der Waals surface area contributed by atoms with Crippen molar-refractivity contribution in [3.8, 4) is 0 Å². The van der Waals surface area contributed by atoms with E-state index in [0.717, 1.165) is 6.92 Å². The van der Waals surface area contributed by atoms with E-state index in [1.54, 1.807) is 0 Å². The van der Waals surface area contributed by atoms with Gasteiger partial charge in [-0.25, -0.2) is 0 Å². The molecule has 0 spiro atoms. The molecule has 0 aromatic heterocycles. The number of aliphatic hydroxyl groups is 1. The van der Waals surface area contributed by atoms with Gasteiger partial charge in [-0.1, -0.05) is 6.08 Å². The van der Waals surface area contributed by atoms with E-state index < -0.39 is 48.6 Å². The Hall–Kier alpha value is -1.97. The average molecular weight is 346 g/mol. The molecule has 1 heterocycles. The molecule has 0 radical (unpaired) electrons. The van der Waals surface area contributed by atoms with Crippen molar-refractivity contribution in [2.75, 3.05) is 13.2 Å². The number of hydrogen-bond acceptors (Lipinski definition) is 9. The average Bonchev–Trinajstić information content (AvgIpc) is 2.46. The van der Waals surface area contributed by atoms with Crippen LogP contribution in [0.4, 0.5) is 0 Å². The summed E-state index contributed by atoms with van der Waals surface area (Å²) < 4.78 is 25.9. The summed E-state index contributed by atoms with van der Waals surface area (Å²) in [6.07, 6.45) is -4.45. The first-order chi connectivity index (χ1) is 11.3. The van der Waals surface area contributed by atoms with E-state index in [9.17, 15) is 19.5 Å². The van der Waals surface area contributed by atoms with Crippen molar-refractivity contribution < 1.29 is 43.2 Å². The van der Waals surface area contributed by atoms with Crippen molar-refractivity contribution in [3.63, 3.8) is 0 Å². The Kier molecular flexibility index (Phi) is 7.83. The van der Waals surface area contributed by atoms with Gasteiger partial charge >= 0.3 is 17.9 Å². The van der Waals surface area contributed by atoms with Crippen molar-refractivity contribution in [1.29, 1.82) is 0 Å². The fraction of sp³-hybridized carbons (Fsp3) is 0.667. The first-order valence-electron chi connectivity index (χ1n) is 7.30. The molecule has 136 valence electrons. The van der Waals surface area contributed by atoms with Gasteiger partial charge in [0, 0.05) is 20.8 Å². The van der Waals surface area contributed by atoms with Crippen LogP contribution >= 0.6 is 0 Å². The molecule has 0 aromatic rings. The lowest BCUT2D eigenvalue weighted by Gasteiger charge is -2.42. The van der Waals surface area contributed by atoms with E-state index in [4.69, 9.17) is 23.7 Å². The van der Waals surface area contributed by atoms with E-state index >= 15 is 0 Å². The molecular formula is C15H22O9. The lowest BCUT2D eigenvalue weighted by Crippen LogP contribution is -2.62. The molecule has 0 aliphatic carbocycles. The maximum atomic E-state index is 11.4. The molecule has 0 aromatic carbocycles.